The quantitative estimate of drug-likeness (QED) is 0.648. The summed E-state index contributed by atoms with van der Waals surface area (Å²) in [5.41, 5.74) is 0.338. The van der Waals surface area contributed by atoms with E-state index < -0.39 is 5.60 Å². The van der Waals surface area contributed by atoms with E-state index in [1.807, 2.05) is 30.3 Å². The van der Waals surface area contributed by atoms with Crippen molar-refractivity contribution < 1.29 is 5.11 Å². The fourth-order valence-electron chi connectivity index (χ4n) is 1.93. The Labute approximate surface area is 84.1 Å². The first-order chi connectivity index (χ1) is 6.71. The van der Waals surface area contributed by atoms with Crippen LogP contribution >= 0.6 is 0 Å². The van der Waals surface area contributed by atoms with Crippen LogP contribution in [0.3, 0.4) is 0 Å². The monoisotopic (exact) mass is 192 g/mol. The number of nitrogens with two attached hydrogens (primary N) is 1. The van der Waals surface area contributed by atoms with Crippen molar-refractivity contribution >= 4 is 0 Å². The molecule has 3 nitrogen and oxygen atoms in total. The zero-order valence-corrected chi connectivity index (χ0v) is 8.19. The van der Waals surface area contributed by atoms with Gasteiger partial charge in [0.2, 0.25) is 0 Å². The first-order valence-corrected chi connectivity index (χ1v) is 4.98. The van der Waals surface area contributed by atoms with Crippen molar-refractivity contribution in [2.75, 3.05) is 13.1 Å². The summed E-state index contributed by atoms with van der Waals surface area (Å²) in [6.07, 6.45) is 1.43. The number of aliphatic hydroxyl groups is 1. The van der Waals surface area contributed by atoms with Crippen LogP contribution in [0.2, 0.25) is 0 Å². The average molecular weight is 192 g/mol. The maximum Gasteiger partial charge on any atom is 0.0922 e. The minimum Gasteiger partial charge on any atom is -0.385 e. The van der Waals surface area contributed by atoms with Crippen molar-refractivity contribution in [3.63, 3.8) is 0 Å². The topological polar surface area (TPSA) is 49.5 Å². The molecule has 3 heteroatoms. The van der Waals surface area contributed by atoms with Gasteiger partial charge in [0, 0.05) is 13.1 Å². The molecule has 0 atom stereocenters. The van der Waals surface area contributed by atoms with Crippen LogP contribution in [0.15, 0.2) is 30.3 Å². The Morgan fingerprint density at radius 3 is 2.29 bits per heavy atom. The maximum atomic E-state index is 10.4. The molecule has 14 heavy (non-hydrogen) atoms. The summed E-state index contributed by atoms with van der Waals surface area (Å²) in [4.78, 5) is 0. The number of nitrogens with zero attached hydrogens (tertiary/aromatic N) is 1. The Hall–Kier alpha value is -0.900. The lowest BCUT2D eigenvalue weighted by Crippen LogP contribution is -2.45. The summed E-state index contributed by atoms with van der Waals surface area (Å²) in [5.74, 6) is 5.66. The molecule has 1 heterocycles. The van der Waals surface area contributed by atoms with Crippen molar-refractivity contribution in [3.05, 3.63) is 35.9 Å². The molecule has 0 spiro atoms. The molecule has 2 rings (SSSR count). The lowest BCUT2D eigenvalue weighted by atomic mass is 9.85. The Kier molecular flexibility index (Phi) is 2.54. The minimum absolute atomic E-state index is 0.670. The molecule has 1 aromatic rings. The Morgan fingerprint density at radius 1 is 1.14 bits per heavy atom. The van der Waals surface area contributed by atoms with E-state index in [2.05, 4.69) is 0 Å². The minimum atomic E-state index is -0.670. The largest absolute Gasteiger partial charge is 0.385 e. The number of piperidine rings is 1. The van der Waals surface area contributed by atoms with Gasteiger partial charge in [-0.2, -0.15) is 0 Å². The van der Waals surface area contributed by atoms with Gasteiger partial charge in [0.25, 0.3) is 0 Å². The van der Waals surface area contributed by atoms with Gasteiger partial charge in [-0.15, -0.1) is 0 Å². The highest BCUT2D eigenvalue weighted by Crippen LogP contribution is 2.31. The highest BCUT2D eigenvalue weighted by atomic mass is 16.3. The summed E-state index contributed by atoms with van der Waals surface area (Å²) in [6.45, 7) is 1.51. The predicted molar refractivity (Wildman–Crippen MR) is 55.3 cm³/mol. The summed E-state index contributed by atoms with van der Waals surface area (Å²) < 4.78 is 0. The number of hydrogen-bond donors (Lipinski definition) is 2. The van der Waals surface area contributed by atoms with Gasteiger partial charge in [0.05, 0.1) is 5.60 Å². The fourth-order valence-corrected chi connectivity index (χ4v) is 1.93. The van der Waals surface area contributed by atoms with Gasteiger partial charge >= 0.3 is 0 Å². The van der Waals surface area contributed by atoms with E-state index in [0.717, 1.165) is 18.7 Å². The van der Waals surface area contributed by atoms with Crippen LogP contribution in [0.25, 0.3) is 0 Å². The standard InChI is InChI=1S/C11H16N2O/c12-13-8-6-11(14,7-9-13)10-4-2-1-3-5-10/h1-5,14H,6-9,12H2. The van der Waals surface area contributed by atoms with Crippen molar-refractivity contribution in [2.24, 2.45) is 5.84 Å². The van der Waals surface area contributed by atoms with E-state index in [9.17, 15) is 5.11 Å². The zero-order valence-electron chi connectivity index (χ0n) is 8.19. The lowest BCUT2D eigenvalue weighted by molar-refractivity contribution is -0.0261. The van der Waals surface area contributed by atoms with E-state index in [1.54, 1.807) is 5.01 Å². The third kappa shape index (κ3) is 1.80. The second-order valence-corrected chi connectivity index (χ2v) is 3.93. The molecule has 0 unspecified atom stereocenters. The van der Waals surface area contributed by atoms with Gasteiger partial charge in [0.1, 0.15) is 0 Å². The van der Waals surface area contributed by atoms with Crippen LogP contribution in [0.4, 0.5) is 0 Å². The summed E-state index contributed by atoms with van der Waals surface area (Å²) in [7, 11) is 0. The highest BCUT2D eigenvalue weighted by molar-refractivity contribution is 5.22. The molecular formula is C11H16N2O. The molecule has 0 saturated carbocycles. The van der Waals surface area contributed by atoms with Crippen LogP contribution in [-0.2, 0) is 5.60 Å². The summed E-state index contributed by atoms with van der Waals surface area (Å²) in [5, 5.41) is 12.1. The van der Waals surface area contributed by atoms with E-state index >= 15 is 0 Å². The second kappa shape index (κ2) is 3.69. The molecule has 0 amide bonds. The molecule has 0 aromatic heterocycles. The van der Waals surface area contributed by atoms with Crippen molar-refractivity contribution in [1.82, 2.24) is 5.01 Å². The molecule has 3 N–H and O–H groups in total. The molecule has 0 radical (unpaired) electrons. The Balaban J connectivity index is 2.17. The van der Waals surface area contributed by atoms with E-state index in [-0.39, 0.29) is 0 Å². The number of rotatable bonds is 1. The van der Waals surface area contributed by atoms with Crippen molar-refractivity contribution in [2.45, 2.75) is 18.4 Å². The molecule has 1 fully saturated rings. The zero-order chi connectivity index (χ0) is 10.0. The smallest absolute Gasteiger partial charge is 0.0922 e. The first kappa shape index (κ1) is 9.65. The third-order valence-corrected chi connectivity index (χ3v) is 2.94. The van der Waals surface area contributed by atoms with Gasteiger partial charge in [-0.1, -0.05) is 30.3 Å². The van der Waals surface area contributed by atoms with Crippen LogP contribution in [0.5, 0.6) is 0 Å². The van der Waals surface area contributed by atoms with E-state index in [4.69, 9.17) is 5.84 Å². The molecule has 0 aliphatic carbocycles. The van der Waals surface area contributed by atoms with E-state index in [1.165, 1.54) is 0 Å². The van der Waals surface area contributed by atoms with Crippen LogP contribution in [0.1, 0.15) is 18.4 Å². The fraction of sp³-hybridized carbons (Fsp3) is 0.455. The molecular weight excluding hydrogens is 176 g/mol. The SMILES string of the molecule is NN1CCC(O)(c2ccccc2)CC1. The van der Waals surface area contributed by atoms with Gasteiger partial charge in [0.15, 0.2) is 0 Å². The molecule has 76 valence electrons. The Morgan fingerprint density at radius 2 is 1.71 bits per heavy atom. The molecule has 1 aromatic carbocycles. The normalized spacial score (nSPS) is 22.1. The van der Waals surface area contributed by atoms with Gasteiger partial charge in [-0.05, 0) is 18.4 Å². The van der Waals surface area contributed by atoms with Gasteiger partial charge in [-0.25, -0.2) is 5.01 Å². The third-order valence-electron chi connectivity index (χ3n) is 2.94. The predicted octanol–water partition coefficient (Wildman–Crippen LogP) is 0.844. The molecule has 1 saturated heterocycles. The van der Waals surface area contributed by atoms with E-state index in [0.29, 0.717) is 12.8 Å². The number of hydrogen-bond acceptors (Lipinski definition) is 3. The van der Waals surface area contributed by atoms with Crippen molar-refractivity contribution in [3.8, 4) is 0 Å². The molecule has 0 bridgehead atoms. The van der Waals surface area contributed by atoms with Crippen LogP contribution in [0, 0.1) is 0 Å². The number of hydrazine groups is 1. The van der Waals surface area contributed by atoms with Gasteiger partial charge in [-0.3, -0.25) is 5.84 Å². The molecule has 1 aliphatic rings. The highest BCUT2D eigenvalue weighted by Gasteiger charge is 2.32. The molecule has 1 aliphatic heterocycles. The van der Waals surface area contributed by atoms with Crippen LogP contribution < -0.4 is 5.84 Å². The second-order valence-electron chi connectivity index (χ2n) is 3.93. The summed E-state index contributed by atoms with van der Waals surface area (Å²) in [6, 6.07) is 9.84. The number of benzene rings is 1. The summed E-state index contributed by atoms with van der Waals surface area (Å²) >= 11 is 0. The van der Waals surface area contributed by atoms with Crippen LogP contribution in [-0.4, -0.2) is 23.2 Å². The lowest BCUT2D eigenvalue weighted by Gasteiger charge is -2.36. The average Bonchev–Trinajstić information content (AvgIpc) is 2.24. The Bertz CT molecular complexity index is 291. The first-order valence-electron chi connectivity index (χ1n) is 4.98. The van der Waals surface area contributed by atoms with Crippen molar-refractivity contribution in [1.29, 1.82) is 0 Å². The maximum absolute atomic E-state index is 10.4. The van der Waals surface area contributed by atoms with Gasteiger partial charge < -0.3 is 5.11 Å².